The van der Waals surface area contributed by atoms with Crippen LogP contribution in [0.4, 0.5) is 8.78 Å². The number of hydrogen-bond donors (Lipinski definition) is 2. The minimum absolute atomic E-state index is 0.210. The van der Waals surface area contributed by atoms with Gasteiger partial charge in [-0.15, -0.1) is 0 Å². The average molecular weight is 353 g/mol. The molecule has 0 radical (unpaired) electrons. The molecule has 0 spiro atoms. The summed E-state index contributed by atoms with van der Waals surface area (Å²) in [6, 6.07) is 3.27. The summed E-state index contributed by atoms with van der Waals surface area (Å²) < 4.78 is 26.5. The lowest BCUT2D eigenvalue weighted by Crippen LogP contribution is -2.49. The molecule has 3 N–H and O–H groups in total. The van der Waals surface area contributed by atoms with Crippen molar-refractivity contribution in [3.8, 4) is 0 Å². The number of halogens is 2. The molecule has 25 heavy (non-hydrogen) atoms. The summed E-state index contributed by atoms with van der Waals surface area (Å²) in [5.74, 6) is -1.97. The maximum Gasteiger partial charge on any atom is 0.230 e. The van der Waals surface area contributed by atoms with Crippen LogP contribution in [0.2, 0.25) is 0 Å². The molecule has 1 fully saturated rings. The Hall–Kier alpha value is -2.02. The molecule has 138 valence electrons. The third kappa shape index (κ3) is 4.54. The third-order valence-electron chi connectivity index (χ3n) is 5.04. The number of carbonyl (C=O) groups is 2. The van der Waals surface area contributed by atoms with E-state index in [4.69, 9.17) is 5.73 Å². The summed E-state index contributed by atoms with van der Waals surface area (Å²) in [5, 5.41) is 2.81. The number of likely N-dealkylation sites (tertiary alicyclic amines) is 1. The number of nitrogens with one attached hydrogen (secondary N) is 1. The van der Waals surface area contributed by atoms with Crippen LogP contribution in [0.3, 0.4) is 0 Å². The lowest BCUT2D eigenvalue weighted by molar-refractivity contribution is -0.125. The zero-order valence-electron chi connectivity index (χ0n) is 14.6. The van der Waals surface area contributed by atoms with Crippen LogP contribution in [-0.2, 0) is 15.0 Å². The molecule has 0 aliphatic carbocycles. The first-order valence-electron chi connectivity index (χ1n) is 8.44. The van der Waals surface area contributed by atoms with Crippen LogP contribution in [0.1, 0.15) is 32.3 Å². The molecule has 0 bridgehead atoms. The number of benzene rings is 1. The summed E-state index contributed by atoms with van der Waals surface area (Å²) in [6.45, 7) is 4.97. The highest BCUT2D eigenvalue weighted by Gasteiger charge is 2.31. The van der Waals surface area contributed by atoms with Crippen LogP contribution in [0.25, 0.3) is 0 Å². The predicted molar refractivity (Wildman–Crippen MR) is 90.7 cm³/mol. The number of rotatable bonds is 6. The molecule has 1 aliphatic heterocycles. The van der Waals surface area contributed by atoms with Crippen molar-refractivity contribution in [2.45, 2.75) is 38.1 Å². The number of nitrogens with two attached hydrogens (primary N) is 1. The van der Waals surface area contributed by atoms with Gasteiger partial charge in [0.15, 0.2) is 11.6 Å². The number of nitrogens with zero attached hydrogens (tertiary/aromatic N) is 1. The molecule has 1 aromatic rings. The van der Waals surface area contributed by atoms with Crippen molar-refractivity contribution in [1.29, 1.82) is 0 Å². The Bertz CT molecular complexity index is 629. The highest BCUT2D eigenvalue weighted by molar-refractivity contribution is 5.87. The Morgan fingerprint density at radius 2 is 2.00 bits per heavy atom. The first-order valence-corrected chi connectivity index (χ1v) is 8.44. The fraction of sp³-hybridized carbons (Fsp3) is 0.556. The van der Waals surface area contributed by atoms with Gasteiger partial charge in [-0.05, 0) is 50.3 Å². The molecule has 2 amide bonds. The second-order valence-electron chi connectivity index (χ2n) is 7.11. The van der Waals surface area contributed by atoms with Gasteiger partial charge in [0.1, 0.15) is 0 Å². The SMILES string of the molecule is CC(C)(C(=O)NCC(N)C1CCN(C=O)CC1)c1ccc(F)c(F)c1. The lowest BCUT2D eigenvalue weighted by Gasteiger charge is -2.33. The minimum Gasteiger partial charge on any atom is -0.354 e. The summed E-state index contributed by atoms with van der Waals surface area (Å²) in [4.78, 5) is 25.0. The summed E-state index contributed by atoms with van der Waals surface area (Å²) in [7, 11) is 0. The van der Waals surface area contributed by atoms with Crippen molar-refractivity contribution in [3.63, 3.8) is 0 Å². The third-order valence-corrected chi connectivity index (χ3v) is 5.04. The van der Waals surface area contributed by atoms with Gasteiger partial charge in [0, 0.05) is 25.7 Å². The van der Waals surface area contributed by atoms with Crippen molar-refractivity contribution in [1.82, 2.24) is 10.2 Å². The van der Waals surface area contributed by atoms with Gasteiger partial charge in [-0.3, -0.25) is 9.59 Å². The van der Waals surface area contributed by atoms with Crippen LogP contribution in [-0.4, -0.2) is 42.9 Å². The zero-order chi connectivity index (χ0) is 18.6. The fourth-order valence-corrected chi connectivity index (χ4v) is 3.07. The molecule has 1 aliphatic rings. The van der Waals surface area contributed by atoms with E-state index in [9.17, 15) is 18.4 Å². The van der Waals surface area contributed by atoms with Crippen LogP contribution >= 0.6 is 0 Å². The van der Waals surface area contributed by atoms with Crippen LogP contribution < -0.4 is 11.1 Å². The number of carbonyl (C=O) groups excluding carboxylic acids is 2. The molecule has 1 unspecified atom stereocenters. The molecule has 0 aromatic heterocycles. The molecule has 0 saturated carbocycles. The maximum absolute atomic E-state index is 13.4. The second-order valence-corrected chi connectivity index (χ2v) is 7.11. The zero-order valence-corrected chi connectivity index (χ0v) is 14.6. The van der Waals surface area contributed by atoms with Gasteiger partial charge in [-0.1, -0.05) is 6.07 Å². The van der Waals surface area contributed by atoms with Crippen molar-refractivity contribution >= 4 is 12.3 Å². The van der Waals surface area contributed by atoms with Crippen molar-refractivity contribution in [2.24, 2.45) is 11.7 Å². The van der Waals surface area contributed by atoms with Gasteiger partial charge in [0.05, 0.1) is 5.41 Å². The van der Waals surface area contributed by atoms with Crippen LogP contribution in [0, 0.1) is 17.6 Å². The van der Waals surface area contributed by atoms with Crippen LogP contribution in [0.15, 0.2) is 18.2 Å². The summed E-state index contributed by atoms with van der Waals surface area (Å²) in [6.07, 6.45) is 2.46. The standard InChI is InChI=1S/C18H25F2N3O2/c1-18(2,13-3-4-14(19)15(20)9-13)17(25)22-10-16(21)12-5-7-23(11-24)8-6-12/h3-4,9,11-12,16H,5-8,10,21H2,1-2H3,(H,22,25). The Labute approximate surface area is 146 Å². The maximum atomic E-state index is 13.4. The van der Waals surface area contributed by atoms with E-state index in [0.717, 1.165) is 31.4 Å². The topological polar surface area (TPSA) is 75.4 Å². The molecule has 1 aromatic carbocycles. The normalized spacial score (nSPS) is 17.2. The molecule has 1 heterocycles. The van der Waals surface area contributed by atoms with Gasteiger partial charge in [-0.2, -0.15) is 0 Å². The molecular formula is C18H25F2N3O2. The molecular weight excluding hydrogens is 328 g/mol. The Morgan fingerprint density at radius 3 is 2.56 bits per heavy atom. The monoisotopic (exact) mass is 353 g/mol. The van der Waals surface area contributed by atoms with E-state index in [2.05, 4.69) is 5.32 Å². The summed E-state index contributed by atoms with van der Waals surface area (Å²) >= 11 is 0. The fourth-order valence-electron chi connectivity index (χ4n) is 3.07. The van der Waals surface area contributed by atoms with Gasteiger partial charge in [0.25, 0.3) is 0 Å². The van der Waals surface area contributed by atoms with Crippen LogP contribution in [0.5, 0.6) is 0 Å². The Balaban J connectivity index is 1.92. The van der Waals surface area contributed by atoms with E-state index in [-0.39, 0.29) is 17.9 Å². The molecule has 5 nitrogen and oxygen atoms in total. The molecule has 1 saturated heterocycles. The average Bonchev–Trinajstić information content (AvgIpc) is 2.61. The van der Waals surface area contributed by atoms with E-state index in [0.29, 0.717) is 25.2 Å². The molecule has 1 atom stereocenters. The van der Waals surface area contributed by atoms with Gasteiger partial charge < -0.3 is 16.0 Å². The first kappa shape index (κ1) is 19.3. The Morgan fingerprint density at radius 1 is 1.36 bits per heavy atom. The van der Waals surface area contributed by atoms with E-state index < -0.39 is 17.0 Å². The number of hydrogen-bond acceptors (Lipinski definition) is 3. The largest absolute Gasteiger partial charge is 0.354 e. The highest BCUT2D eigenvalue weighted by atomic mass is 19.2. The van der Waals surface area contributed by atoms with Crippen molar-refractivity contribution in [3.05, 3.63) is 35.4 Å². The van der Waals surface area contributed by atoms with Gasteiger partial charge in [-0.25, -0.2) is 8.78 Å². The number of amides is 2. The smallest absolute Gasteiger partial charge is 0.230 e. The quantitative estimate of drug-likeness (QED) is 0.762. The predicted octanol–water partition coefficient (Wildman–Crippen LogP) is 1.55. The lowest BCUT2D eigenvalue weighted by atomic mass is 9.83. The molecule has 2 rings (SSSR count). The van der Waals surface area contributed by atoms with E-state index in [1.54, 1.807) is 18.7 Å². The highest BCUT2D eigenvalue weighted by Crippen LogP contribution is 2.25. The molecule has 7 heteroatoms. The van der Waals surface area contributed by atoms with Gasteiger partial charge in [0.2, 0.25) is 12.3 Å². The first-order chi connectivity index (χ1) is 11.8. The summed E-state index contributed by atoms with van der Waals surface area (Å²) in [5.41, 5.74) is 5.57. The van der Waals surface area contributed by atoms with Gasteiger partial charge >= 0.3 is 0 Å². The van der Waals surface area contributed by atoms with Crippen molar-refractivity contribution in [2.75, 3.05) is 19.6 Å². The minimum atomic E-state index is -1.00. The number of piperidine rings is 1. The van der Waals surface area contributed by atoms with Crippen molar-refractivity contribution < 1.29 is 18.4 Å². The second kappa shape index (κ2) is 7.91. The van der Waals surface area contributed by atoms with E-state index in [1.165, 1.54) is 6.07 Å². The van der Waals surface area contributed by atoms with E-state index in [1.807, 2.05) is 0 Å². The Kier molecular flexibility index (Phi) is 6.11. The van der Waals surface area contributed by atoms with E-state index >= 15 is 0 Å².